The molecule has 1 atom stereocenters. The maximum absolute atomic E-state index is 11.5. The van der Waals surface area contributed by atoms with Gasteiger partial charge in [-0.1, -0.05) is 0 Å². The number of nitrogens with one attached hydrogen (secondary N) is 2. The van der Waals surface area contributed by atoms with Crippen LogP contribution in [-0.2, 0) is 21.3 Å². The Hall–Kier alpha value is -1.45. The van der Waals surface area contributed by atoms with E-state index in [1.54, 1.807) is 6.20 Å². The first kappa shape index (κ1) is 14.6. The molecule has 0 aliphatic heterocycles. The van der Waals surface area contributed by atoms with Crippen LogP contribution in [0.1, 0.15) is 12.1 Å². The Balaban J connectivity index is 2.24. The highest BCUT2D eigenvalue weighted by Gasteiger charge is 2.14. The maximum Gasteiger partial charge on any atom is 0.264 e. The van der Waals surface area contributed by atoms with Crippen LogP contribution in [-0.4, -0.2) is 47.2 Å². The number of hydrogen-bond acceptors (Lipinski definition) is 5. The molecule has 0 aromatic carbocycles. The van der Waals surface area contributed by atoms with Crippen LogP contribution in [0.25, 0.3) is 0 Å². The zero-order valence-electron chi connectivity index (χ0n) is 9.67. The summed E-state index contributed by atoms with van der Waals surface area (Å²) in [5.74, 6) is -0.761. The van der Waals surface area contributed by atoms with Gasteiger partial charge in [0, 0.05) is 24.9 Å². The summed E-state index contributed by atoms with van der Waals surface area (Å²) in [5.41, 5.74) is 6.39. The fraction of sp³-hybridized carbons (Fsp3) is 0.556. The van der Waals surface area contributed by atoms with E-state index in [9.17, 15) is 13.2 Å². The zero-order chi connectivity index (χ0) is 13.6. The molecule has 5 N–H and O–H groups in total. The average molecular weight is 276 g/mol. The average Bonchev–Trinajstić information content (AvgIpc) is 2.75. The summed E-state index contributed by atoms with van der Waals surface area (Å²) in [5, 5.41) is 2.49. The summed E-state index contributed by atoms with van der Waals surface area (Å²) in [4.78, 5) is 18.1. The quantitative estimate of drug-likeness (QED) is 0.359. The summed E-state index contributed by atoms with van der Waals surface area (Å²) in [6, 6.07) is -0.726. The Kier molecular flexibility index (Phi) is 5.25. The van der Waals surface area contributed by atoms with E-state index in [1.165, 1.54) is 6.33 Å². The molecule has 1 heterocycles. The monoisotopic (exact) mass is 276 g/mol. The first-order valence-corrected chi connectivity index (χ1v) is 6.95. The highest BCUT2D eigenvalue weighted by molar-refractivity contribution is 7.85. The molecule has 9 heteroatoms. The van der Waals surface area contributed by atoms with E-state index in [0.29, 0.717) is 6.42 Å². The molecule has 0 saturated carbocycles. The van der Waals surface area contributed by atoms with E-state index >= 15 is 0 Å². The fourth-order valence-electron chi connectivity index (χ4n) is 1.32. The standard InChI is InChI=1S/C9H16N4O4S/c10-8(4-7-5-11-6-13-7)9(14)12-2-1-3-18(15,16)17/h5-6,8H,1-4,10H2,(H,11,13)(H,12,14)(H,15,16,17). The van der Waals surface area contributed by atoms with E-state index in [4.69, 9.17) is 10.3 Å². The van der Waals surface area contributed by atoms with Crippen molar-refractivity contribution in [1.82, 2.24) is 15.3 Å². The Labute approximate surface area is 105 Å². The van der Waals surface area contributed by atoms with Gasteiger partial charge in [0.25, 0.3) is 10.1 Å². The van der Waals surface area contributed by atoms with E-state index < -0.39 is 16.2 Å². The van der Waals surface area contributed by atoms with Crippen LogP contribution < -0.4 is 11.1 Å². The number of rotatable bonds is 7. The van der Waals surface area contributed by atoms with Crippen LogP contribution in [0.15, 0.2) is 12.5 Å². The molecule has 0 spiro atoms. The topological polar surface area (TPSA) is 138 Å². The first-order chi connectivity index (χ1) is 8.38. The van der Waals surface area contributed by atoms with Gasteiger partial charge in [-0.05, 0) is 6.42 Å². The Bertz CT molecular complexity index is 471. The number of carbonyl (C=O) groups excluding carboxylic acids is 1. The smallest absolute Gasteiger partial charge is 0.264 e. The van der Waals surface area contributed by atoms with Crippen molar-refractivity contribution in [1.29, 1.82) is 0 Å². The van der Waals surface area contributed by atoms with Crippen molar-refractivity contribution in [2.24, 2.45) is 5.73 Å². The second-order valence-corrected chi connectivity index (χ2v) is 5.39. The maximum atomic E-state index is 11.5. The molecule has 0 saturated heterocycles. The van der Waals surface area contributed by atoms with Crippen LogP contribution in [0, 0.1) is 0 Å². The molecule has 1 aromatic rings. The van der Waals surface area contributed by atoms with Gasteiger partial charge in [-0.2, -0.15) is 8.42 Å². The van der Waals surface area contributed by atoms with E-state index in [0.717, 1.165) is 5.69 Å². The largest absolute Gasteiger partial charge is 0.355 e. The zero-order valence-corrected chi connectivity index (χ0v) is 10.5. The van der Waals surface area contributed by atoms with Crippen molar-refractivity contribution in [3.8, 4) is 0 Å². The van der Waals surface area contributed by atoms with Gasteiger partial charge in [-0.25, -0.2) is 4.98 Å². The molecule has 18 heavy (non-hydrogen) atoms. The Morgan fingerprint density at radius 3 is 2.89 bits per heavy atom. The van der Waals surface area contributed by atoms with E-state index in [1.807, 2.05) is 0 Å². The van der Waals surface area contributed by atoms with Gasteiger partial charge in [-0.15, -0.1) is 0 Å². The van der Waals surface area contributed by atoms with E-state index in [2.05, 4.69) is 15.3 Å². The van der Waals surface area contributed by atoms with Crippen LogP contribution in [0.3, 0.4) is 0 Å². The number of nitrogens with zero attached hydrogens (tertiary/aromatic N) is 1. The molecular formula is C9H16N4O4S. The summed E-state index contributed by atoms with van der Waals surface area (Å²) in [6.45, 7) is 0.148. The molecular weight excluding hydrogens is 260 g/mol. The molecule has 0 fully saturated rings. The molecule has 1 unspecified atom stereocenters. The second kappa shape index (κ2) is 6.47. The minimum absolute atomic E-state index is 0.140. The number of imidazole rings is 1. The second-order valence-electron chi connectivity index (χ2n) is 3.82. The summed E-state index contributed by atoms with van der Waals surface area (Å²) in [7, 11) is -3.98. The SMILES string of the molecule is NC(Cc1cnc[nH]1)C(=O)NCCCS(=O)(=O)O. The van der Waals surface area contributed by atoms with Crippen molar-refractivity contribution in [2.45, 2.75) is 18.9 Å². The van der Waals surface area contributed by atoms with Gasteiger partial charge in [0.2, 0.25) is 5.91 Å². The first-order valence-electron chi connectivity index (χ1n) is 5.34. The Morgan fingerprint density at radius 2 is 2.33 bits per heavy atom. The third-order valence-corrected chi connectivity index (χ3v) is 3.01. The minimum Gasteiger partial charge on any atom is -0.355 e. The van der Waals surface area contributed by atoms with Crippen molar-refractivity contribution >= 4 is 16.0 Å². The van der Waals surface area contributed by atoms with Gasteiger partial charge in [0.1, 0.15) is 0 Å². The molecule has 1 rings (SSSR count). The molecule has 1 amide bonds. The molecule has 8 nitrogen and oxygen atoms in total. The lowest BCUT2D eigenvalue weighted by molar-refractivity contribution is -0.122. The number of aromatic amines is 1. The van der Waals surface area contributed by atoms with Crippen molar-refractivity contribution in [3.63, 3.8) is 0 Å². The van der Waals surface area contributed by atoms with Gasteiger partial charge in [0.15, 0.2) is 0 Å². The number of hydrogen-bond donors (Lipinski definition) is 4. The molecule has 102 valence electrons. The van der Waals surface area contributed by atoms with Gasteiger partial charge in [0.05, 0.1) is 18.1 Å². The summed E-state index contributed by atoms with van der Waals surface area (Å²) >= 11 is 0. The summed E-state index contributed by atoms with van der Waals surface area (Å²) < 4.78 is 29.3. The van der Waals surface area contributed by atoms with Gasteiger partial charge >= 0.3 is 0 Å². The van der Waals surface area contributed by atoms with Crippen molar-refractivity contribution in [3.05, 3.63) is 18.2 Å². The fourth-order valence-corrected chi connectivity index (χ4v) is 1.83. The van der Waals surface area contributed by atoms with Crippen LogP contribution in [0.2, 0.25) is 0 Å². The normalized spacial score (nSPS) is 13.2. The predicted octanol–water partition coefficient (Wildman–Crippen LogP) is -1.33. The Morgan fingerprint density at radius 1 is 1.61 bits per heavy atom. The molecule has 0 aliphatic carbocycles. The third kappa shape index (κ3) is 5.75. The van der Waals surface area contributed by atoms with Crippen LogP contribution in [0.4, 0.5) is 0 Å². The minimum atomic E-state index is -3.98. The lowest BCUT2D eigenvalue weighted by atomic mass is 10.1. The number of aromatic nitrogens is 2. The lowest BCUT2D eigenvalue weighted by Crippen LogP contribution is -2.42. The van der Waals surface area contributed by atoms with Gasteiger partial charge < -0.3 is 16.0 Å². The third-order valence-electron chi connectivity index (χ3n) is 2.21. The lowest BCUT2D eigenvalue weighted by Gasteiger charge is -2.10. The molecule has 0 radical (unpaired) electrons. The molecule has 0 aliphatic rings. The van der Waals surface area contributed by atoms with Gasteiger partial charge in [-0.3, -0.25) is 9.35 Å². The number of carbonyl (C=O) groups is 1. The highest BCUT2D eigenvalue weighted by atomic mass is 32.2. The van der Waals surface area contributed by atoms with Crippen LogP contribution >= 0.6 is 0 Å². The van der Waals surface area contributed by atoms with Crippen molar-refractivity contribution in [2.75, 3.05) is 12.3 Å². The van der Waals surface area contributed by atoms with E-state index in [-0.39, 0.29) is 24.6 Å². The highest BCUT2D eigenvalue weighted by Crippen LogP contribution is 1.96. The number of nitrogens with two attached hydrogens (primary N) is 1. The number of amides is 1. The van der Waals surface area contributed by atoms with Crippen LogP contribution in [0.5, 0.6) is 0 Å². The molecule has 1 aromatic heterocycles. The molecule has 0 bridgehead atoms. The van der Waals surface area contributed by atoms with Crippen molar-refractivity contribution < 1.29 is 17.8 Å². The summed E-state index contributed by atoms with van der Waals surface area (Å²) in [6.07, 6.45) is 3.53. The predicted molar refractivity (Wildman–Crippen MR) is 64.3 cm³/mol. The number of H-pyrrole nitrogens is 1.